The van der Waals surface area contributed by atoms with Gasteiger partial charge in [0.15, 0.2) is 10.6 Å². The number of hydrogen-bond acceptors (Lipinski definition) is 6. The number of unbranched alkanes of at least 4 members (excludes halogenated alkanes) is 1. The van der Waals surface area contributed by atoms with Crippen LogP contribution in [-0.4, -0.2) is 30.5 Å². The quantitative estimate of drug-likeness (QED) is 0.311. The lowest BCUT2D eigenvalue weighted by molar-refractivity contribution is 0.455. The Labute approximate surface area is 217 Å². The number of H-pyrrole nitrogens is 1. The first-order valence-corrected chi connectivity index (χ1v) is 13.7. The van der Waals surface area contributed by atoms with Gasteiger partial charge in [0.05, 0.1) is 4.90 Å². The highest BCUT2D eigenvalue weighted by atomic mass is 32.2. The van der Waals surface area contributed by atoms with Crippen molar-refractivity contribution in [1.82, 2.24) is 9.97 Å². The van der Waals surface area contributed by atoms with Crippen molar-refractivity contribution >= 4 is 21.2 Å². The fraction of sp³-hybridized carbons (Fsp3) is 0.241. The summed E-state index contributed by atoms with van der Waals surface area (Å²) in [5, 5.41) is 11.4. The van der Waals surface area contributed by atoms with Crippen LogP contribution in [-0.2, 0) is 16.3 Å². The summed E-state index contributed by atoms with van der Waals surface area (Å²) in [6.45, 7) is 5.88. The SMILES string of the molecule is CCCCc1[nH]c(=O)c(S(=O)(=O)c2ccc(-c3cccnc3C)cc2)c(O)c1N(C)c1ccc(C)cc1. The second kappa shape index (κ2) is 10.6. The van der Waals surface area contributed by atoms with Crippen molar-refractivity contribution in [2.24, 2.45) is 0 Å². The maximum Gasteiger partial charge on any atom is 0.271 e. The topological polar surface area (TPSA) is 103 Å². The number of aromatic hydroxyl groups is 1. The zero-order valence-corrected chi connectivity index (χ0v) is 22.3. The molecule has 0 fully saturated rings. The number of benzene rings is 2. The molecule has 0 saturated carbocycles. The maximum atomic E-state index is 13.7. The highest BCUT2D eigenvalue weighted by Gasteiger charge is 2.30. The van der Waals surface area contributed by atoms with Crippen molar-refractivity contribution in [3.63, 3.8) is 0 Å². The minimum atomic E-state index is -4.33. The van der Waals surface area contributed by atoms with Gasteiger partial charge in [-0.05, 0) is 62.6 Å². The van der Waals surface area contributed by atoms with Crippen LogP contribution in [0, 0.1) is 13.8 Å². The van der Waals surface area contributed by atoms with Gasteiger partial charge in [-0.3, -0.25) is 9.78 Å². The molecule has 0 aliphatic heterocycles. The Kier molecular flexibility index (Phi) is 7.50. The number of aromatic amines is 1. The van der Waals surface area contributed by atoms with Crippen molar-refractivity contribution in [3.05, 3.63) is 94.2 Å². The third-order valence-electron chi connectivity index (χ3n) is 6.48. The van der Waals surface area contributed by atoms with Gasteiger partial charge < -0.3 is 15.0 Å². The Morgan fingerprint density at radius 1 is 1.00 bits per heavy atom. The van der Waals surface area contributed by atoms with E-state index in [4.69, 9.17) is 0 Å². The summed E-state index contributed by atoms with van der Waals surface area (Å²) in [6, 6.07) is 17.6. The van der Waals surface area contributed by atoms with Gasteiger partial charge in [0.25, 0.3) is 5.56 Å². The van der Waals surface area contributed by atoms with E-state index in [1.165, 1.54) is 12.1 Å². The molecule has 8 heteroatoms. The number of nitrogens with one attached hydrogen (secondary N) is 1. The van der Waals surface area contributed by atoms with E-state index in [1.807, 2.05) is 57.2 Å². The van der Waals surface area contributed by atoms with Gasteiger partial charge in [0, 0.05) is 35.9 Å². The van der Waals surface area contributed by atoms with Crippen molar-refractivity contribution in [2.75, 3.05) is 11.9 Å². The largest absolute Gasteiger partial charge is 0.504 e. The van der Waals surface area contributed by atoms with Crippen LogP contribution in [0.1, 0.15) is 36.7 Å². The van der Waals surface area contributed by atoms with Crippen molar-refractivity contribution in [2.45, 2.75) is 49.8 Å². The van der Waals surface area contributed by atoms with E-state index >= 15 is 0 Å². The number of anilines is 2. The van der Waals surface area contributed by atoms with Gasteiger partial charge >= 0.3 is 0 Å². The molecule has 0 aliphatic carbocycles. The normalized spacial score (nSPS) is 11.5. The summed E-state index contributed by atoms with van der Waals surface area (Å²) in [4.78, 5) is 21.1. The van der Waals surface area contributed by atoms with Crippen molar-refractivity contribution in [1.29, 1.82) is 0 Å². The lowest BCUT2D eigenvalue weighted by Gasteiger charge is -2.25. The molecule has 2 aromatic heterocycles. The number of nitrogens with zero attached hydrogens (tertiary/aromatic N) is 2. The van der Waals surface area contributed by atoms with Crippen LogP contribution in [0.2, 0.25) is 0 Å². The molecule has 2 aromatic carbocycles. The number of aromatic nitrogens is 2. The van der Waals surface area contributed by atoms with E-state index in [1.54, 1.807) is 30.3 Å². The predicted octanol–water partition coefficient (Wildman–Crippen LogP) is 5.70. The van der Waals surface area contributed by atoms with Gasteiger partial charge in [-0.1, -0.05) is 49.2 Å². The van der Waals surface area contributed by atoms with Crippen LogP contribution in [0.3, 0.4) is 0 Å². The molecule has 0 radical (unpaired) electrons. The van der Waals surface area contributed by atoms with E-state index in [-0.39, 0.29) is 10.6 Å². The van der Waals surface area contributed by atoms with Gasteiger partial charge in [-0.2, -0.15) is 0 Å². The summed E-state index contributed by atoms with van der Waals surface area (Å²) in [6.07, 6.45) is 3.83. The molecule has 0 aliphatic rings. The van der Waals surface area contributed by atoms with Crippen molar-refractivity contribution < 1.29 is 13.5 Å². The number of sulfone groups is 1. The summed E-state index contributed by atoms with van der Waals surface area (Å²) in [5.74, 6) is -0.551. The highest BCUT2D eigenvalue weighted by Crippen LogP contribution is 2.39. The molecule has 2 N–H and O–H groups in total. The minimum Gasteiger partial charge on any atom is -0.504 e. The zero-order valence-electron chi connectivity index (χ0n) is 21.4. The molecule has 0 unspecified atom stereocenters. The number of pyridine rings is 2. The Morgan fingerprint density at radius 2 is 1.68 bits per heavy atom. The second-order valence-corrected chi connectivity index (χ2v) is 11.0. The Morgan fingerprint density at radius 3 is 2.30 bits per heavy atom. The third-order valence-corrected chi connectivity index (χ3v) is 8.29. The average molecular weight is 518 g/mol. The van der Waals surface area contributed by atoms with Crippen LogP contribution in [0.5, 0.6) is 5.75 Å². The summed E-state index contributed by atoms with van der Waals surface area (Å²) >= 11 is 0. The van der Waals surface area contributed by atoms with Gasteiger partial charge in [0.1, 0.15) is 5.69 Å². The molecule has 0 bridgehead atoms. The molecule has 192 valence electrons. The smallest absolute Gasteiger partial charge is 0.271 e. The molecule has 0 amide bonds. The van der Waals surface area contributed by atoms with Crippen LogP contribution in [0.15, 0.2) is 81.4 Å². The van der Waals surface area contributed by atoms with E-state index in [2.05, 4.69) is 9.97 Å². The number of aryl methyl sites for hydroxylation is 3. The van der Waals surface area contributed by atoms with E-state index in [9.17, 15) is 18.3 Å². The molecule has 0 spiro atoms. The molecule has 0 atom stereocenters. The third kappa shape index (κ3) is 5.15. The van der Waals surface area contributed by atoms with Crippen LogP contribution >= 0.6 is 0 Å². The minimum absolute atomic E-state index is 0.0798. The lowest BCUT2D eigenvalue weighted by atomic mass is 10.1. The fourth-order valence-electron chi connectivity index (χ4n) is 4.37. The van der Waals surface area contributed by atoms with Crippen LogP contribution < -0.4 is 10.5 Å². The van der Waals surface area contributed by atoms with Gasteiger partial charge in [-0.25, -0.2) is 8.42 Å². The zero-order chi connectivity index (χ0) is 26.7. The molecular formula is C29H31N3O4S. The van der Waals surface area contributed by atoms with E-state index in [0.29, 0.717) is 12.1 Å². The predicted molar refractivity (Wildman–Crippen MR) is 146 cm³/mol. The standard InChI is InChI=1S/C29H31N3O4S/c1-5-6-9-25-26(32(4)22-14-10-19(2)11-15-22)27(33)28(29(34)31-25)37(35,36)23-16-12-21(13-17-23)24-8-7-18-30-20(24)3/h7-8,10-18H,5-6,9H2,1-4H3,(H2,31,33,34). The molecular weight excluding hydrogens is 486 g/mol. The van der Waals surface area contributed by atoms with Crippen LogP contribution in [0.25, 0.3) is 11.1 Å². The Bertz CT molecular complexity index is 1580. The van der Waals surface area contributed by atoms with Gasteiger partial charge in [0.2, 0.25) is 9.84 Å². The molecule has 4 rings (SSSR count). The first-order valence-electron chi connectivity index (χ1n) is 12.2. The van der Waals surface area contributed by atoms with E-state index in [0.717, 1.165) is 40.9 Å². The summed E-state index contributed by atoms with van der Waals surface area (Å²) in [7, 11) is -2.58. The fourth-order valence-corrected chi connectivity index (χ4v) is 5.75. The van der Waals surface area contributed by atoms with Crippen LogP contribution in [0.4, 0.5) is 11.4 Å². The first kappa shape index (κ1) is 26.2. The maximum absolute atomic E-state index is 13.7. The molecule has 0 saturated heterocycles. The first-order chi connectivity index (χ1) is 17.6. The molecule has 4 aromatic rings. The number of rotatable bonds is 8. The van der Waals surface area contributed by atoms with E-state index < -0.39 is 26.0 Å². The van der Waals surface area contributed by atoms with Crippen molar-refractivity contribution in [3.8, 4) is 16.9 Å². The molecule has 2 heterocycles. The highest BCUT2D eigenvalue weighted by molar-refractivity contribution is 7.91. The Balaban J connectivity index is 1.84. The summed E-state index contributed by atoms with van der Waals surface area (Å²) in [5.41, 5.74) is 4.27. The lowest BCUT2D eigenvalue weighted by Crippen LogP contribution is -2.24. The Hall–Kier alpha value is -3.91. The summed E-state index contributed by atoms with van der Waals surface area (Å²) < 4.78 is 27.3. The molecule has 37 heavy (non-hydrogen) atoms. The van der Waals surface area contributed by atoms with Gasteiger partial charge in [-0.15, -0.1) is 0 Å². The number of hydrogen-bond donors (Lipinski definition) is 2. The monoisotopic (exact) mass is 517 g/mol. The average Bonchev–Trinajstić information content (AvgIpc) is 2.87. The second-order valence-electron chi connectivity index (χ2n) is 9.12. The molecule has 7 nitrogen and oxygen atoms in total.